The molecule has 1 aromatic carbocycles. The Hall–Kier alpha value is -2.35. The molecule has 2 N–H and O–H groups in total. The van der Waals surface area contributed by atoms with Gasteiger partial charge in [0.25, 0.3) is 11.6 Å². The van der Waals surface area contributed by atoms with Gasteiger partial charge < -0.3 is 19.9 Å². The maximum absolute atomic E-state index is 12.2. The quantitative estimate of drug-likeness (QED) is 0.576. The monoisotopic (exact) mass is 310 g/mol. The number of amides is 1. The minimum absolute atomic E-state index is 0.0126. The van der Waals surface area contributed by atoms with Gasteiger partial charge in [-0.3, -0.25) is 14.9 Å². The molecule has 8 heteroatoms. The van der Waals surface area contributed by atoms with E-state index in [-0.39, 0.29) is 41.3 Å². The first-order valence-electron chi connectivity index (χ1n) is 6.76. The van der Waals surface area contributed by atoms with Gasteiger partial charge >= 0.3 is 0 Å². The molecule has 0 aromatic heterocycles. The van der Waals surface area contributed by atoms with Crippen molar-refractivity contribution in [2.24, 2.45) is 5.41 Å². The number of nitrogens with zero attached hydrogens (tertiary/aromatic N) is 1. The number of nitro groups is 1. The van der Waals surface area contributed by atoms with Gasteiger partial charge in [-0.25, -0.2) is 0 Å². The minimum Gasteiger partial charge on any atom is -0.493 e. The van der Waals surface area contributed by atoms with Crippen LogP contribution < -0.4 is 14.8 Å². The van der Waals surface area contributed by atoms with Crippen molar-refractivity contribution in [1.29, 1.82) is 0 Å². The predicted molar refractivity (Wildman–Crippen MR) is 77.3 cm³/mol. The number of nitrogens with one attached hydrogen (secondary N) is 1. The molecule has 0 spiro atoms. The average molecular weight is 310 g/mol. The van der Waals surface area contributed by atoms with Crippen LogP contribution in [0, 0.1) is 15.5 Å². The third-order valence-electron chi connectivity index (χ3n) is 3.86. The van der Waals surface area contributed by atoms with Crippen LogP contribution in [0.1, 0.15) is 23.2 Å². The second kappa shape index (κ2) is 6.18. The van der Waals surface area contributed by atoms with Crippen LogP contribution in [-0.4, -0.2) is 43.3 Å². The van der Waals surface area contributed by atoms with Crippen LogP contribution in [-0.2, 0) is 0 Å². The van der Waals surface area contributed by atoms with Gasteiger partial charge in [-0.15, -0.1) is 0 Å². The van der Waals surface area contributed by atoms with Crippen LogP contribution in [0.4, 0.5) is 5.69 Å². The smallest absolute Gasteiger partial charge is 0.286 e. The summed E-state index contributed by atoms with van der Waals surface area (Å²) < 4.78 is 10.1. The van der Waals surface area contributed by atoms with E-state index in [4.69, 9.17) is 9.47 Å². The van der Waals surface area contributed by atoms with E-state index in [1.165, 1.54) is 20.3 Å². The Kier molecular flexibility index (Phi) is 4.51. The zero-order chi connectivity index (χ0) is 16.3. The maximum Gasteiger partial charge on any atom is 0.286 e. The van der Waals surface area contributed by atoms with Gasteiger partial charge in [0, 0.05) is 18.0 Å². The van der Waals surface area contributed by atoms with Crippen LogP contribution >= 0.6 is 0 Å². The molecule has 22 heavy (non-hydrogen) atoms. The Labute approximate surface area is 127 Å². The highest BCUT2D eigenvalue weighted by molar-refractivity contribution is 5.99. The van der Waals surface area contributed by atoms with Crippen LogP contribution in [0.3, 0.4) is 0 Å². The van der Waals surface area contributed by atoms with Gasteiger partial charge in [0.2, 0.25) is 0 Å². The first-order chi connectivity index (χ1) is 10.5. The lowest BCUT2D eigenvalue weighted by atomic mass is 10.1. The van der Waals surface area contributed by atoms with Gasteiger partial charge in [0.1, 0.15) is 5.56 Å². The molecule has 1 aromatic rings. The van der Waals surface area contributed by atoms with E-state index in [1.54, 1.807) is 0 Å². The van der Waals surface area contributed by atoms with Crippen molar-refractivity contribution in [3.8, 4) is 11.5 Å². The molecule has 8 nitrogen and oxygen atoms in total. The SMILES string of the molecule is COc1cc(C(=O)NCC2(CO)CC2)c([N+](=O)[O-])cc1OC. The Morgan fingerprint density at radius 2 is 1.95 bits per heavy atom. The summed E-state index contributed by atoms with van der Waals surface area (Å²) in [6.07, 6.45) is 1.66. The lowest BCUT2D eigenvalue weighted by Gasteiger charge is -2.14. The van der Waals surface area contributed by atoms with Gasteiger partial charge in [0.15, 0.2) is 11.5 Å². The fourth-order valence-corrected chi connectivity index (χ4v) is 2.13. The van der Waals surface area contributed by atoms with E-state index in [2.05, 4.69) is 5.32 Å². The van der Waals surface area contributed by atoms with Crippen molar-refractivity contribution in [3.63, 3.8) is 0 Å². The summed E-state index contributed by atoms with van der Waals surface area (Å²) in [6.45, 7) is 0.273. The number of methoxy groups -OCH3 is 2. The highest BCUT2D eigenvalue weighted by Gasteiger charge is 2.42. The molecule has 1 aliphatic carbocycles. The molecule has 0 aliphatic heterocycles. The number of carbonyl (C=O) groups is 1. The van der Waals surface area contributed by atoms with Gasteiger partial charge in [0.05, 0.1) is 31.8 Å². The molecule has 1 amide bonds. The Morgan fingerprint density at radius 3 is 2.41 bits per heavy atom. The van der Waals surface area contributed by atoms with E-state index in [0.29, 0.717) is 0 Å². The highest BCUT2D eigenvalue weighted by atomic mass is 16.6. The van der Waals surface area contributed by atoms with E-state index < -0.39 is 10.8 Å². The van der Waals surface area contributed by atoms with Crippen molar-refractivity contribution >= 4 is 11.6 Å². The predicted octanol–water partition coefficient (Wildman–Crippen LogP) is 1.11. The molecule has 1 fully saturated rings. The van der Waals surface area contributed by atoms with Gasteiger partial charge in [-0.05, 0) is 12.8 Å². The average Bonchev–Trinajstić information content (AvgIpc) is 3.31. The minimum atomic E-state index is -0.643. The topological polar surface area (TPSA) is 111 Å². The number of aliphatic hydroxyl groups excluding tert-OH is 1. The number of benzene rings is 1. The normalized spacial score (nSPS) is 15.0. The van der Waals surface area contributed by atoms with Gasteiger partial charge in [-0.2, -0.15) is 0 Å². The number of aliphatic hydroxyl groups is 1. The second-order valence-electron chi connectivity index (χ2n) is 5.32. The Bertz CT molecular complexity index is 597. The first kappa shape index (κ1) is 16.0. The lowest BCUT2D eigenvalue weighted by Crippen LogP contribution is -2.32. The summed E-state index contributed by atoms with van der Waals surface area (Å²) in [6, 6.07) is 2.44. The molecule has 0 saturated heterocycles. The maximum atomic E-state index is 12.2. The molecule has 0 bridgehead atoms. The van der Waals surface area contributed by atoms with Crippen LogP contribution in [0.15, 0.2) is 12.1 Å². The zero-order valence-corrected chi connectivity index (χ0v) is 12.4. The summed E-state index contributed by atoms with van der Waals surface area (Å²) in [4.78, 5) is 22.7. The molecule has 1 saturated carbocycles. The lowest BCUT2D eigenvalue weighted by molar-refractivity contribution is -0.385. The Balaban J connectivity index is 2.27. The van der Waals surface area contributed by atoms with Crippen LogP contribution in [0.2, 0.25) is 0 Å². The van der Waals surface area contributed by atoms with E-state index in [1.807, 2.05) is 0 Å². The van der Waals surface area contributed by atoms with E-state index in [9.17, 15) is 20.0 Å². The molecule has 1 aliphatic rings. The third-order valence-corrected chi connectivity index (χ3v) is 3.86. The number of hydrogen-bond acceptors (Lipinski definition) is 6. The van der Waals surface area contributed by atoms with E-state index in [0.717, 1.165) is 18.9 Å². The number of ether oxygens (including phenoxy) is 2. The standard InChI is InChI=1S/C14H18N2O6/c1-21-11-5-9(10(16(19)20)6-12(11)22-2)13(18)15-7-14(8-17)3-4-14/h5-6,17H,3-4,7-8H2,1-2H3,(H,15,18). The van der Waals surface area contributed by atoms with Crippen LogP contribution in [0.25, 0.3) is 0 Å². The molecule has 2 rings (SSSR count). The summed E-state index contributed by atoms with van der Waals surface area (Å²) in [5, 5.41) is 23.0. The summed E-state index contributed by atoms with van der Waals surface area (Å²) in [5.74, 6) is -0.159. The van der Waals surface area contributed by atoms with Crippen molar-refractivity contribution in [2.45, 2.75) is 12.8 Å². The molecule has 0 unspecified atom stereocenters. The number of nitro benzene ring substituents is 1. The molecular formula is C14H18N2O6. The summed E-state index contributed by atoms with van der Waals surface area (Å²) in [7, 11) is 2.75. The number of rotatable bonds is 7. The fraction of sp³-hybridized carbons (Fsp3) is 0.500. The van der Waals surface area contributed by atoms with Crippen molar-refractivity contribution in [3.05, 3.63) is 27.8 Å². The van der Waals surface area contributed by atoms with Gasteiger partial charge in [-0.1, -0.05) is 0 Å². The number of carbonyl (C=O) groups excluding carboxylic acids is 1. The zero-order valence-electron chi connectivity index (χ0n) is 12.4. The van der Waals surface area contributed by atoms with E-state index >= 15 is 0 Å². The second-order valence-corrected chi connectivity index (χ2v) is 5.32. The van der Waals surface area contributed by atoms with Crippen molar-refractivity contribution in [2.75, 3.05) is 27.4 Å². The highest BCUT2D eigenvalue weighted by Crippen LogP contribution is 2.44. The Morgan fingerprint density at radius 1 is 1.36 bits per heavy atom. The molecule has 0 heterocycles. The molecule has 120 valence electrons. The first-order valence-corrected chi connectivity index (χ1v) is 6.76. The molecular weight excluding hydrogens is 292 g/mol. The van der Waals surface area contributed by atoms with Crippen molar-refractivity contribution in [1.82, 2.24) is 5.32 Å². The fourth-order valence-electron chi connectivity index (χ4n) is 2.13. The summed E-state index contributed by atoms with van der Waals surface area (Å²) >= 11 is 0. The third kappa shape index (κ3) is 3.11. The molecule has 0 radical (unpaired) electrons. The number of hydrogen-bond donors (Lipinski definition) is 2. The van der Waals surface area contributed by atoms with Crippen molar-refractivity contribution < 1.29 is 24.3 Å². The summed E-state index contributed by atoms with van der Waals surface area (Å²) in [5.41, 5.74) is -0.735. The molecule has 0 atom stereocenters. The largest absolute Gasteiger partial charge is 0.493 e. The van der Waals surface area contributed by atoms with Crippen LogP contribution in [0.5, 0.6) is 11.5 Å².